The molecule has 0 spiro atoms. The summed E-state index contributed by atoms with van der Waals surface area (Å²) in [6.45, 7) is 0. The fraction of sp³-hybridized carbons (Fsp3) is 0. The zero-order valence-electron chi connectivity index (χ0n) is 23.1. The second-order valence-corrected chi connectivity index (χ2v) is 10.6. The lowest BCUT2D eigenvalue weighted by atomic mass is 9.98. The Morgan fingerprint density at radius 1 is 0.405 bits per heavy atom. The van der Waals surface area contributed by atoms with Crippen molar-refractivity contribution in [1.29, 1.82) is 0 Å². The molecule has 2 heteroatoms. The fourth-order valence-electron chi connectivity index (χ4n) is 6.28. The summed E-state index contributed by atoms with van der Waals surface area (Å²) in [4.78, 5) is 2.43. The van der Waals surface area contributed by atoms with Gasteiger partial charge in [-0.3, -0.25) is 0 Å². The standard InChI is InChI=1S/C40H28N2/c1-4-15-30(16-5-1)35-27-40-36(34-24-12-13-25-38(34)42(40)32-21-8-3-9-22-32)28-39(35)41(31-19-6-2-7-20-31)37-26-14-18-29-17-10-11-23-33(29)37/h1-28H. The Labute approximate surface area is 245 Å². The van der Waals surface area contributed by atoms with Gasteiger partial charge in [0.15, 0.2) is 0 Å². The van der Waals surface area contributed by atoms with Gasteiger partial charge in [-0.2, -0.15) is 0 Å². The van der Waals surface area contributed by atoms with Gasteiger partial charge in [0, 0.05) is 33.1 Å². The molecule has 0 saturated heterocycles. The Balaban J connectivity index is 1.52. The summed E-state index contributed by atoms with van der Waals surface area (Å²) in [5.41, 5.74) is 9.33. The average molecular weight is 537 g/mol. The van der Waals surface area contributed by atoms with E-state index in [-0.39, 0.29) is 0 Å². The molecule has 2 nitrogen and oxygen atoms in total. The van der Waals surface area contributed by atoms with E-state index in [0.717, 1.165) is 22.7 Å². The largest absolute Gasteiger partial charge is 0.309 e. The van der Waals surface area contributed by atoms with Crippen LogP contribution in [0.15, 0.2) is 170 Å². The average Bonchev–Trinajstić information content (AvgIpc) is 3.39. The second-order valence-electron chi connectivity index (χ2n) is 10.6. The summed E-state index contributed by atoms with van der Waals surface area (Å²) in [5, 5.41) is 4.90. The number of aromatic nitrogens is 1. The predicted octanol–water partition coefficient (Wildman–Crippen LogP) is 11.1. The van der Waals surface area contributed by atoms with E-state index in [2.05, 4.69) is 179 Å². The molecule has 0 atom stereocenters. The van der Waals surface area contributed by atoms with Crippen LogP contribution in [0.1, 0.15) is 0 Å². The Kier molecular flexibility index (Phi) is 5.82. The maximum atomic E-state index is 2.43. The van der Waals surface area contributed by atoms with Gasteiger partial charge in [-0.15, -0.1) is 0 Å². The number of hydrogen-bond donors (Lipinski definition) is 0. The van der Waals surface area contributed by atoms with E-state index in [1.807, 2.05) is 0 Å². The van der Waals surface area contributed by atoms with Gasteiger partial charge in [-0.1, -0.05) is 121 Å². The number of anilines is 3. The summed E-state index contributed by atoms with van der Waals surface area (Å²) >= 11 is 0. The molecule has 1 aromatic heterocycles. The topological polar surface area (TPSA) is 8.17 Å². The van der Waals surface area contributed by atoms with Crippen LogP contribution in [0, 0.1) is 0 Å². The molecule has 198 valence electrons. The Hall–Kier alpha value is -5.60. The van der Waals surface area contributed by atoms with Gasteiger partial charge in [0.25, 0.3) is 0 Å². The minimum Gasteiger partial charge on any atom is -0.309 e. The number of benzene rings is 7. The van der Waals surface area contributed by atoms with E-state index in [1.54, 1.807) is 0 Å². The highest BCUT2D eigenvalue weighted by atomic mass is 15.1. The van der Waals surface area contributed by atoms with Crippen molar-refractivity contribution in [1.82, 2.24) is 4.57 Å². The zero-order valence-corrected chi connectivity index (χ0v) is 23.1. The predicted molar refractivity (Wildman–Crippen MR) is 178 cm³/mol. The lowest BCUT2D eigenvalue weighted by Crippen LogP contribution is -2.12. The molecular formula is C40H28N2. The van der Waals surface area contributed by atoms with E-state index in [9.17, 15) is 0 Å². The summed E-state index contributed by atoms with van der Waals surface area (Å²) < 4.78 is 2.39. The van der Waals surface area contributed by atoms with Crippen LogP contribution in [0.4, 0.5) is 17.1 Å². The number of para-hydroxylation sites is 3. The van der Waals surface area contributed by atoms with E-state index in [4.69, 9.17) is 0 Å². The molecule has 0 aliphatic rings. The van der Waals surface area contributed by atoms with Gasteiger partial charge in [0.1, 0.15) is 0 Å². The molecule has 42 heavy (non-hydrogen) atoms. The highest BCUT2D eigenvalue weighted by Gasteiger charge is 2.22. The normalized spacial score (nSPS) is 11.3. The van der Waals surface area contributed by atoms with Crippen molar-refractivity contribution in [3.05, 3.63) is 170 Å². The van der Waals surface area contributed by atoms with Gasteiger partial charge in [-0.05, 0) is 59.5 Å². The highest BCUT2D eigenvalue weighted by Crippen LogP contribution is 2.46. The molecule has 0 amide bonds. The summed E-state index contributed by atoms with van der Waals surface area (Å²) in [5.74, 6) is 0. The van der Waals surface area contributed by atoms with E-state index in [1.165, 1.54) is 43.7 Å². The van der Waals surface area contributed by atoms with Crippen molar-refractivity contribution in [2.24, 2.45) is 0 Å². The first-order valence-corrected chi connectivity index (χ1v) is 14.4. The molecule has 7 aromatic carbocycles. The van der Waals surface area contributed by atoms with Gasteiger partial charge in [0.2, 0.25) is 0 Å². The van der Waals surface area contributed by atoms with Crippen LogP contribution < -0.4 is 4.90 Å². The lowest BCUT2D eigenvalue weighted by Gasteiger charge is -2.29. The maximum Gasteiger partial charge on any atom is 0.0548 e. The Bertz CT molecular complexity index is 2170. The summed E-state index contributed by atoms with van der Waals surface area (Å²) in [6, 6.07) is 60.9. The van der Waals surface area contributed by atoms with Crippen LogP contribution in [-0.4, -0.2) is 4.57 Å². The molecule has 0 unspecified atom stereocenters. The van der Waals surface area contributed by atoms with Gasteiger partial charge >= 0.3 is 0 Å². The summed E-state index contributed by atoms with van der Waals surface area (Å²) in [6.07, 6.45) is 0. The third-order valence-corrected chi connectivity index (χ3v) is 8.15. The summed E-state index contributed by atoms with van der Waals surface area (Å²) in [7, 11) is 0. The monoisotopic (exact) mass is 536 g/mol. The van der Waals surface area contributed by atoms with Crippen molar-refractivity contribution in [2.75, 3.05) is 4.90 Å². The number of fused-ring (bicyclic) bond motifs is 4. The molecular weight excluding hydrogens is 508 g/mol. The fourth-order valence-corrected chi connectivity index (χ4v) is 6.28. The SMILES string of the molecule is c1ccc(-c2cc3c(cc2N(c2ccccc2)c2cccc4ccccc24)c2ccccc2n3-c2ccccc2)cc1. The van der Waals surface area contributed by atoms with Gasteiger partial charge in [0.05, 0.1) is 22.4 Å². The van der Waals surface area contributed by atoms with Crippen molar-refractivity contribution < 1.29 is 0 Å². The smallest absolute Gasteiger partial charge is 0.0548 e. The highest BCUT2D eigenvalue weighted by molar-refractivity contribution is 6.13. The van der Waals surface area contributed by atoms with Crippen LogP contribution in [0.25, 0.3) is 49.4 Å². The maximum absolute atomic E-state index is 2.43. The quantitative estimate of drug-likeness (QED) is 0.212. The van der Waals surface area contributed by atoms with Crippen molar-refractivity contribution in [3.63, 3.8) is 0 Å². The van der Waals surface area contributed by atoms with Crippen molar-refractivity contribution in [3.8, 4) is 16.8 Å². The van der Waals surface area contributed by atoms with Gasteiger partial charge in [-0.25, -0.2) is 0 Å². The molecule has 0 aliphatic heterocycles. The molecule has 1 heterocycles. The van der Waals surface area contributed by atoms with E-state index < -0.39 is 0 Å². The molecule has 0 N–H and O–H groups in total. The van der Waals surface area contributed by atoms with E-state index >= 15 is 0 Å². The van der Waals surface area contributed by atoms with Crippen LogP contribution in [0.5, 0.6) is 0 Å². The molecule has 0 fully saturated rings. The number of rotatable bonds is 5. The first-order valence-electron chi connectivity index (χ1n) is 14.4. The van der Waals surface area contributed by atoms with Crippen LogP contribution in [0.2, 0.25) is 0 Å². The third-order valence-electron chi connectivity index (χ3n) is 8.15. The van der Waals surface area contributed by atoms with Crippen LogP contribution in [-0.2, 0) is 0 Å². The first kappa shape index (κ1) is 24.2. The third kappa shape index (κ3) is 3.96. The van der Waals surface area contributed by atoms with Crippen molar-refractivity contribution >= 4 is 49.6 Å². The molecule has 8 aromatic rings. The Morgan fingerprint density at radius 2 is 1.02 bits per heavy atom. The molecule has 8 rings (SSSR count). The van der Waals surface area contributed by atoms with Gasteiger partial charge < -0.3 is 9.47 Å². The van der Waals surface area contributed by atoms with E-state index in [0.29, 0.717) is 0 Å². The minimum atomic E-state index is 1.12. The van der Waals surface area contributed by atoms with Crippen LogP contribution >= 0.6 is 0 Å². The molecule has 0 radical (unpaired) electrons. The molecule has 0 saturated carbocycles. The van der Waals surface area contributed by atoms with Crippen molar-refractivity contribution in [2.45, 2.75) is 0 Å². The lowest BCUT2D eigenvalue weighted by molar-refractivity contribution is 1.18. The number of nitrogens with zero attached hydrogens (tertiary/aromatic N) is 2. The number of hydrogen-bond acceptors (Lipinski definition) is 1. The zero-order chi connectivity index (χ0) is 27.9. The first-order chi connectivity index (χ1) is 20.9. The minimum absolute atomic E-state index is 1.12. The molecule has 0 bridgehead atoms. The molecule has 0 aliphatic carbocycles. The Morgan fingerprint density at radius 3 is 1.81 bits per heavy atom. The van der Waals surface area contributed by atoms with Crippen LogP contribution in [0.3, 0.4) is 0 Å². The second kappa shape index (κ2) is 10.1.